The highest BCUT2D eigenvalue weighted by Crippen LogP contribution is 2.18. The quantitative estimate of drug-likeness (QED) is 0.858. The maximum absolute atomic E-state index is 11.9. The molecule has 0 aliphatic heterocycles. The second kappa shape index (κ2) is 5.34. The third-order valence-electron chi connectivity index (χ3n) is 3.24. The maximum atomic E-state index is 11.9. The molecular formula is C13H22N2O2. The van der Waals surface area contributed by atoms with E-state index in [1.165, 1.54) is 0 Å². The van der Waals surface area contributed by atoms with Gasteiger partial charge in [0.1, 0.15) is 5.76 Å². The number of rotatable bonds is 5. The Balaban J connectivity index is 2.67. The molecule has 17 heavy (non-hydrogen) atoms. The van der Waals surface area contributed by atoms with Gasteiger partial charge in [-0.25, -0.2) is 0 Å². The molecular weight excluding hydrogens is 216 g/mol. The second-order valence-corrected chi connectivity index (χ2v) is 5.13. The molecule has 1 N–H and O–H groups in total. The van der Waals surface area contributed by atoms with Crippen molar-refractivity contribution >= 4 is 5.91 Å². The minimum atomic E-state index is -0.146. The normalized spacial score (nSPS) is 11.6. The average Bonchev–Trinajstić information content (AvgIpc) is 2.67. The van der Waals surface area contributed by atoms with E-state index in [0.29, 0.717) is 12.2 Å². The molecule has 0 unspecified atom stereocenters. The molecule has 4 heteroatoms. The number of aryl methyl sites for hydroxylation is 1. The van der Waals surface area contributed by atoms with Crippen molar-refractivity contribution in [1.29, 1.82) is 0 Å². The molecule has 1 aromatic rings. The molecule has 1 amide bonds. The molecule has 4 nitrogen and oxygen atoms in total. The van der Waals surface area contributed by atoms with Crippen molar-refractivity contribution in [3.63, 3.8) is 0 Å². The molecule has 0 atom stereocenters. The van der Waals surface area contributed by atoms with Crippen LogP contribution in [0.3, 0.4) is 0 Å². The van der Waals surface area contributed by atoms with Crippen molar-refractivity contribution in [2.45, 2.75) is 47.5 Å². The summed E-state index contributed by atoms with van der Waals surface area (Å²) in [6.07, 6.45) is 1.78. The highest BCUT2D eigenvalue weighted by atomic mass is 16.5. The van der Waals surface area contributed by atoms with Gasteiger partial charge < -0.3 is 9.84 Å². The van der Waals surface area contributed by atoms with Crippen LogP contribution in [0.2, 0.25) is 0 Å². The molecule has 0 spiro atoms. The van der Waals surface area contributed by atoms with Crippen molar-refractivity contribution in [2.24, 2.45) is 5.41 Å². The fraction of sp³-hybridized carbons (Fsp3) is 0.692. The lowest BCUT2D eigenvalue weighted by atomic mass is 9.90. The molecule has 1 rings (SSSR count). The van der Waals surface area contributed by atoms with E-state index in [1.54, 1.807) is 0 Å². The lowest BCUT2D eigenvalue weighted by molar-refractivity contribution is 0.0926. The largest absolute Gasteiger partial charge is 0.360 e. The molecule has 0 aliphatic carbocycles. The molecule has 0 saturated carbocycles. The van der Waals surface area contributed by atoms with E-state index in [1.807, 2.05) is 13.8 Å². The van der Waals surface area contributed by atoms with Crippen LogP contribution in [0, 0.1) is 12.3 Å². The summed E-state index contributed by atoms with van der Waals surface area (Å²) in [6.45, 7) is 10.9. The van der Waals surface area contributed by atoms with Gasteiger partial charge in [-0.15, -0.1) is 0 Å². The Kier molecular flexibility index (Phi) is 4.32. The lowest BCUT2D eigenvalue weighted by Crippen LogP contribution is -2.34. The van der Waals surface area contributed by atoms with Gasteiger partial charge in [0.25, 0.3) is 5.91 Å². The number of carbonyl (C=O) groups excluding carboxylic acids is 1. The van der Waals surface area contributed by atoms with Crippen LogP contribution in [0.4, 0.5) is 0 Å². The number of hydrogen-bond acceptors (Lipinski definition) is 3. The maximum Gasteiger partial charge on any atom is 0.273 e. The number of aromatic nitrogens is 1. The lowest BCUT2D eigenvalue weighted by Gasteiger charge is -2.22. The number of nitrogens with one attached hydrogen (secondary N) is 1. The molecule has 0 saturated heterocycles. The first kappa shape index (κ1) is 13.7. The fourth-order valence-corrected chi connectivity index (χ4v) is 1.44. The highest BCUT2D eigenvalue weighted by Gasteiger charge is 2.21. The molecule has 0 radical (unpaired) electrons. The Morgan fingerprint density at radius 1 is 1.41 bits per heavy atom. The number of nitrogens with zero attached hydrogens (tertiary/aromatic N) is 1. The Morgan fingerprint density at radius 2 is 2.06 bits per heavy atom. The molecule has 1 heterocycles. The summed E-state index contributed by atoms with van der Waals surface area (Å²) < 4.78 is 5.11. The summed E-state index contributed by atoms with van der Waals surface area (Å²) in [4.78, 5) is 11.9. The van der Waals surface area contributed by atoms with Crippen molar-refractivity contribution in [2.75, 3.05) is 6.54 Å². The summed E-state index contributed by atoms with van der Waals surface area (Å²) in [5, 5.41) is 6.73. The fourth-order valence-electron chi connectivity index (χ4n) is 1.44. The van der Waals surface area contributed by atoms with Crippen molar-refractivity contribution in [1.82, 2.24) is 10.5 Å². The van der Waals surface area contributed by atoms with Gasteiger partial charge in [0.05, 0.1) is 0 Å². The standard InChI is InChI=1S/C13H22N2O2/c1-6-10-9(3)11(15-17-10)12(16)14-8-13(4,5)7-2/h6-8H2,1-5H3,(H,14,16). The molecule has 0 fully saturated rings. The Bertz CT molecular complexity index is 394. The van der Waals surface area contributed by atoms with Crippen LogP contribution in [-0.2, 0) is 6.42 Å². The Hall–Kier alpha value is -1.32. The van der Waals surface area contributed by atoms with Crippen LogP contribution in [0.5, 0.6) is 0 Å². The minimum Gasteiger partial charge on any atom is -0.360 e. The highest BCUT2D eigenvalue weighted by molar-refractivity contribution is 5.93. The van der Waals surface area contributed by atoms with Crippen molar-refractivity contribution in [3.05, 3.63) is 17.0 Å². The van der Waals surface area contributed by atoms with Gasteiger partial charge in [-0.05, 0) is 18.8 Å². The SMILES string of the molecule is CCc1onc(C(=O)NCC(C)(C)CC)c1C. The van der Waals surface area contributed by atoms with E-state index >= 15 is 0 Å². The van der Waals surface area contributed by atoms with Gasteiger partial charge in [0, 0.05) is 18.5 Å². The van der Waals surface area contributed by atoms with Gasteiger partial charge in [0.15, 0.2) is 5.69 Å². The van der Waals surface area contributed by atoms with Crippen molar-refractivity contribution in [3.8, 4) is 0 Å². The van der Waals surface area contributed by atoms with Crippen molar-refractivity contribution < 1.29 is 9.32 Å². The second-order valence-electron chi connectivity index (χ2n) is 5.13. The molecule has 96 valence electrons. The third kappa shape index (κ3) is 3.32. The number of carbonyl (C=O) groups is 1. The van der Waals surface area contributed by atoms with E-state index < -0.39 is 0 Å². The predicted octanol–water partition coefficient (Wildman–Crippen LogP) is 2.71. The van der Waals surface area contributed by atoms with Crippen LogP contribution in [0.25, 0.3) is 0 Å². The van der Waals surface area contributed by atoms with Crippen LogP contribution in [0.15, 0.2) is 4.52 Å². The summed E-state index contributed by atoms with van der Waals surface area (Å²) in [6, 6.07) is 0. The van der Waals surface area contributed by atoms with Crippen LogP contribution >= 0.6 is 0 Å². The van der Waals surface area contributed by atoms with Gasteiger partial charge in [-0.1, -0.05) is 32.9 Å². The van der Waals surface area contributed by atoms with Crippen LogP contribution in [0.1, 0.15) is 55.9 Å². The van der Waals surface area contributed by atoms with Crippen LogP contribution in [-0.4, -0.2) is 17.6 Å². The van der Waals surface area contributed by atoms with Crippen LogP contribution < -0.4 is 5.32 Å². The molecule has 0 aliphatic rings. The average molecular weight is 238 g/mol. The summed E-state index contributed by atoms with van der Waals surface area (Å²) >= 11 is 0. The molecule has 0 aromatic carbocycles. The monoisotopic (exact) mass is 238 g/mol. The third-order valence-corrected chi connectivity index (χ3v) is 3.24. The summed E-state index contributed by atoms with van der Waals surface area (Å²) in [5.41, 5.74) is 1.37. The molecule has 0 bridgehead atoms. The number of hydrogen-bond donors (Lipinski definition) is 1. The van der Waals surface area contributed by atoms with E-state index in [0.717, 1.165) is 24.2 Å². The predicted molar refractivity (Wildman–Crippen MR) is 67.0 cm³/mol. The first-order valence-corrected chi connectivity index (χ1v) is 6.14. The molecule has 1 aromatic heterocycles. The van der Waals surface area contributed by atoms with E-state index in [2.05, 4.69) is 31.2 Å². The smallest absolute Gasteiger partial charge is 0.273 e. The Morgan fingerprint density at radius 3 is 2.53 bits per heavy atom. The zero-order chi connectivity index (χ0) is 13.1. The van der Waals surface area contributed by atoms with E-state index in [4.69, 9.17) is 4.52 Å². The first-order valence-electron chi connectivity index (χ1n) is 6.14. The van der Waals surface area contributed by atoms with Gasteiger partial charge in [-0.3, -0.25) is 4.79 Å². The summed E-state index contributed by atoms with van der Waals surface area (Å²) in [5.74, 6) is 0.636. The zero-order valence-corrected chi connectivity index (χ0v) is 11.4. The Labute approximate surface area is 103 Å². The van der Waals surface area contributed by atoms with Gasteiger partial charge >= 0.3 is 0 Å². The van der Waals surface area contributed by atoms with E-state index in [-0.39, 0.29) is 11.3 Å². The minimum absolute atomic E-state index is 0.112. The topological polar surface area (TPSA) is 55.1 Å². The van der Waals surface area contributed by atoms with Gasteiger partial charge in [-0.2, -0.15) is 0 Å². The van der Waals surface area contributed by atoms with E-state index in [9.17, 15) is 4.79 Å². The first-order chi connectivity index (χ1) is 7.91. The van der Waals surface area contributed by atoms with Gasteiger partial charge in [0.2, 0.25) is 0 Å². The summed E-state index contributed by atoms with van der Waals surface area (Å²) in [7, 11) is 0. The zero-order valence-electron chi connectivity index (χ0n) is 11.4. The number of amides is 1.